The predicted octanol–water partition coefficient (Wildman–Crippen LogP) is 16.9. The van der Waals surface area contributed by atoms with Crippen LogP contribution in [0.15, 0.2) is 77.9 Å². The van der Waals surface area contributed by atoms with E-state index in [9.17, 15) is 0 Å². The Morgan fingerprint density at radius 1 is 0.676 bits per heavy atom. The number of rotatable bonds is 8. The van der Waals surface area contributed by atoms with Crippen molar-refractivity contribution in [2.45, 2.75) is 166 Å². The molecular formula is C65H78N4OPt. The standard InChI is InChI=1S/C65H78N4O.Pt/c1-36(2)56(37(3)4)53-35-68(48-30-45(62(10,11)12)29-46(31-48)63(13,14)15)60(67-53)44-26-43(57-41(8)23-38(5)24-42(57)9)27-49(28-44)70-55-34-54-50(25-40(55)7)51-32-47(64(16,17)18)33-52-59(51)69(54)61-58(65(52,19)20)39(6)21-22-66-61;/h21-27,29-33,36-37,53,56H,35H2,1-20H3;/q-2;+2/t53-;/m0./s1. The molecule has 2 aliphatic heterocycles. The molecule has 0 fully saturated rings. The van der Waals surface area contributed by atoms with E-state index in [0.29, 0.717) is 29.3 Å². The molecule has 6 heteroatoms. The van der Waals surface area contributed by atoms with E-state index in [1.54, 1.807) is 0 Å². The average molecular weight is 1130 g/mol. The second kappa shape index (κ2) is 18.2. The van der Waals surface area contributed by atoms with E-state index in [-0.39, 0.29) is 48.8 Å². The Kier molecular flexibility index (Phi) is 13.4. The molecule has 0 saturated heterocycles. The smallest absolute Gasteiger partial charge is 0.503 e. The van der Waals surface area contributed by atoms with Gasteiger partial charge in [0.25, 0.3) is 0 Å². The van der Waals surface area contributed by atoms with Crippen molar-refractivity contribution in [3.63, 3.8) is 0 Å². The zero-order valence-electron chi connectivity index (χ0n) is 46.5. The van der Waals surface area contributed by atoms with Gasteiger partial charge in [-0.15, -0.1) is 28.6 Å². The molecule has 0 aliphatic carbocycles. The molecule has 0 saturated carbocycles. The minimum Gasteiger partial charge on any atom is -0.503 e. The van der Waals surface area contributed by atoms with Gasteiger partial charge in [0, 0.05) is 46.4 Å². The summed E-state index contributed by atoms with van der Waals surface area (Å²) in [5, 5.41) is 2.38. The van der Waals surface area contributed by atoms with Gasteiger partial charge in [0.1, 0.15) is 5.82 Å². The van der Waals surface area contributed by atoms with Crippen LogP contribution in [0.2, 0.25) is 0 Å². The zero-order valence-corrected chi connectivity index (χ0v) is 48.7. The Balaban J connectivity index is 0.00000676. The van der Waals surface area contributed by atoms with Crippen LogP contribution >= 0.6 is 0 Å². The van der Waals surface area contributed by atoms with Crippen LogP contribution in [-0.2, 0) is 42.7 Å². The van der Waals surface area contributed by atoms with Crippen molar-refractivity contribution in [3.05, 3.63) is 146 Å². The summed E-state index contributed by atoms with van der Waals surface area (Å²) in [6, 6.07) is 33.5. The van der Waals surface area contributed by atoms with Crippen LogP contribution in [0.25, 0.3) is 38.8 Å². The number of aromatic nitrogens is 2. The SMILES string of the molecule is Cc1cc(C)c(-c2cc(Oc3[c-]c4c(cc3C)c3cc(C(C)(C)C)cc5c3n4-c3nccc(C)c3C5(C)C)[c-]c(C3=N[C@H](C(C(C)C)C(C)C)CN3c3cc(C(C)(C)C)cc(C(C)(C)C)c3)c2)c(C)c1.[Pt+2]. The van der Waals surface area contributed by atoms with E-state index in [2.05, 4.69) is 227 Å². The van der Waals surface area contributed by atoms with Crippen molar-refractivity contribution in [2.24, 2.45) is 22.7 Å². The first kappa shape index (κ1) is 52.3. The number of ether oxygens (including phenoxy) is 1. The Morgan fingerprint density at radius 2 is 1.27 bits per heavy atom. The molecule has 0 spiro atoms. The summed E-state index contributed by atoms with van der Waals surface area (Å²) in [6.07, 6.45) is 1.95. The second-order valence-electron chi connectivity index (χ2n) is 25.5. The third-order valence-electron chi connectivity index (χ3n) is 15.7. The fraction of sp³-hybridized carbons (Fsp3) is 0.446. The molecule has 7 aromatic rings. The molecule has 71 heavy (non-hydrogen) atoms. The normalized spacial score (nSPS) is 15.8. The van der Waals surface area contributed by atoms with Crippen molar-refractivity contribution >= 4 is 33.3 Å². The van der Waals surface area contributed by atoms with Gasteiger partial charge in [-0.3, -0.25) is 0 Å². The fourth-order valence-corrected chi connectivity index (χ4v) is 12.1. The maximum Gasteiger partial charge on any atom is 2.00 e. The second-order valence-corrected chi connectivity index (χ2v) is 25.5. The number of aliphatic imine (C=N–C) groups is 1. The van der Waals surface area contributed by atoms with E-state index < -0.39 is 0 Å². The number of nitrogens with zero attached hydrogens (tertiary/aromatic N) is 4. The van der Waals surface area contributed by atoms with Crippen LogP contribution in [0.5, 0.6) is 11.5 Å². The number of pyridine rings is 1. The van der Waals surface area contributed by atoms with Gasteiger partial charge < -0.3 is 19.2 Å². The largest absolute Gasteiger partial charge is 2.00 e. The summed E-state index contributed by atoms with van der Waals surface area (Å²) in [7, 11) is 0. The molecular weight excluding hydrogens is 1050 g/mol. The molecule has 0 bridgehead atoms. The van der Waals surface area contributed by atoms with Gasteiger partial charge in [-0.25, -0.2) is 4.98 Å². The first-order valence-corrected chi connectivity index (χ1v) is 25.9. The topological polar surface area (TPSA) is 42.6 Å². The monoisotopic (exact) mass is 1130 g/mol. The molecule has 5 nitrogen and oxygen atoms in total. The molecule has 5 aromatic carbocycles. The van der Waals surface area contributed by atoms with E-state index in [0.717, 1.165) is 45.8 Å². The minimum atomic E-state index is -0.257. The maximum absolute atomic E-state index is 7.26. The van der Waals surface area contributed by atoms with E-state index in [4.69, 9.17) is 14.7 Å². The van der Waals surface area contributed by atoms with Gasteiger partial charge in [-0.1, -0.05) is 170 Å². The summed E-state index contributed by atoms with van der Waals surface area (Å²) in [6.45, 7) is 46.8. The fourth-order valence-electron chi connectivity index (χ4n) is 12.1. The number of aryl methyl sites for hydroxylation is 5. The van der Waals surface area contributed by atoms with Crippen LogP contribution in [0.1, 0.15) is 165 Å². The van der Waals surface area contributed by atoms with Crippen LogP contribution in [0, 0.1) is 64.5 Å². The van der Waals surface area contributed by atoms with Crippen molar-refractivity contribution in [3.8, 4) is 28.4 Å². The van der Waals surface area contributed by atoms with Crippen LogP contribution in [-0.4, -0.2) is 28.0 Å². The third-order valence-corrected chi connectivity index (χ3v) is 15.7. The van der Waals surface area contributed by atoms with Gasteiger partial charge in [0.15, 0.2) is 0 Å². The van der Waals surface area contributed by atoms with Gasteiger partial charge in [0.2, 0.25) is 0 Å². The minimum absolute atomic E-state index is 0. The van der Waals surface area contributed by atoms with Crippen molar-refractivity contribution in [1.29, 1.82) is 0 Å². The third kappa shape index (κ3) is 9.25. The Hall–Kier alpha value is -4.99. The molecule has 0 amide bonds. The van der Waals surface area contributed by atoms with Gasteiger partial charge in [-0.2, -0.15) is 6.07 Å². The molecule has 0 unspecified atom stereocenters. The zero-order chi connectivity index (χ0) is 50.9. The molecule has 9 rings (SSSR count). The molecule has 0 N–H and O–H groups in total. The van der Waals surface area contributed by atoms with Crippen molar-refractivity contribution in [1.82, 2.24) is 9.55 Å². The molecule has 4 heterocycles. The van der Waals surface area contributed by atoms with E-state index >= 15 is 0 Å². The number of fused-ring (bicyclic) bond motifs is 5. The number of hydrogen-bond acceptors (Lipinski definition) is 4. The summed E-state index contributed by atoms with van der Waals surface area (Å²) in [5.74, 6) is 4.54. The number of benzene rings is 5. The summed E-state index contributed by atoms with van der Waals surface area (Å²) < 4.78 is 9.62. The van der Waals surface area contributed by atoms with Crippen LogP contribution < -0.4 is 9.64 Å². The quantitative estimate of drug-likeness (QED) is 0.142. The first-order valence-electron chi connectivity index (χ1n) is 25.9. The Morgan fingerprint density at radius 3 is 1.85 bits per heavy atom. The Labute approximate surface area is 441 Å². The molecule has 1 atom stereocenters. The molecule has 2 aliphatic rings. The van der Waals surface area contributed by atoms with E-state index in [1.807, 2.05) is 6.20 Å². The molecule has 2 aromatic heterocycles. The first-order chi connectivity index (χ1) is 32.5. The van der Waals surface area contributed by atoms with Crippen molar-refractivity contribution in [2.75, 3.05) is 11.4 Å². The van der Waals surface area contributed by atoms with Gasteiger partial charge in [-0.05, 0) is 130 Å². The van der Waals surface area contributed by atoms with Gasteiger partial charge in [0.05, 0.1) is 11.9 Å². The van der Waals surface area contributed by atoms with Gasteiger partial charge >= 0.3 is 21.1 Å². The van der Waals surface area contributed by atoms with Crippen LogP contribution in [0.4, 0.5) is 5.69 Å². The molecule has 374 valence electrons. The summed E-state index contributed by atoms with van der Waals surface area (Å²) in [4.78, 5) is 13.4. The van der Waals surface area contributed by atoms with Crippen LogP contribution in [0.3, 0.4) is 0 Å². The number of anilines is 1. The Bertz CT molecular complexity index is 3200. The molecule has 0 radical (unpaired) electrons. The maximum atomic E-state index is 7.26. The summed E-state index contributed by atoms with van der Waals surface area (Å²) >= 11 is 0. The average Bonchev–Trinajstić information content (AvgIpc) is 3.80. The van der Waals surface area contributed by atoms with Crippen molar-refractivity contribution < 1.29 is 25.8 Å². The van der Waals surface area contributed by atoms with E-state index in [1.165, 1.54) is 72.2 Å². The summed E-state index contributed by atoms with van der Waals surface area (Å²) in [5.41, 5.74) is 18.7. The number of hydrogen-bond donors (Lipinski definition) is 0. The number of amidine groups is 1. The predicted molar refractivity (Wildman–Crippen MR) is 297 cm³/mol.